The van der Waals surface area contributed by atoms with Crippen LogP contribution in [-0.2, 0) is 0 Å². The van der Waals surface area contributed by atoms with Crippen LogP contribution in [0.25, 0.3) is 0 Å². The van der Waals surface area contributed by atoms with Crippen molar-refractivity contribution in [2.24, 2.45) is 11.1 Å². The lowest BCUT2D eigenvalue weighted by Crippen LogP contribution is -2.15. The van der Waals surface area contributed by atoms with Crippen LogP contribution in [0, 0.1) is 5.92 Å². The van der Waals surface area contributed by atoms with E-state index in [9.17, 15) is 5.21 Å². The Hall–Kier alpha value is -1.31. The molecule has 1 aromatic rings. The molecule has 1 aliphatic carbocycles. The summed E-state index contributed by atoms with van der Waals surface area (Å²) in [6.45, 7) is 0. The number of hydrogen-bond acceptors (Lipinski definition) is 2. The van der Waals surface area contributed by atoms with E-state index in [4.69, 9.17) is 0 Å². The molecule has 1 aromatic carbocycles. The van der Waals surface area contributed by atoms with Gasteiger partial charge in [0.25, 0.3) is 0 Å². The second-order valence-electron chi connectivity index (χ2n) is 4.54. The Labute approximate surface area is 97.0 Å². The molecule has 86 valence electrons. The van der Waals surface area contributed by atoms with Crippen molar-refractivity contribution in [3.8, 4) is 0 Å². The average molecular weight is 217 g/mol. The van der Waals surface area contributed by atoms with E-state index in [1.54, 1.807) is 0 Å². The van der Waals surface area contributed by atoms with Gasteiger partial charge in [-0.2, -0.15) is 0 Å². The smallest absolute Gasteiger partial charge is 0.0898 e. The predicted molar refractivity (Wildman–Crippen MR) is 66.0 cm³/mol. The minimum Gasteiger partial charge on any atom is -0.411 e. The first-order valence-corrected chi connectivity index (χ1v) is 6.19. The standard InChI is InChI=1S/C14H19NO/c16-15-14(13-10-6-3-7-11-13)12-8-4-1-2-5-9-12/h3,6-7,10-12,16H,1-2,4-5,8-9H2. The Bertz CT molecular complexity index is 337. The second-order valence-corrected chi connectivity index (χ2v) is 4.54. The molecule has 0 aliphatic heterocycles. The quantitative estimate of drug-likeness (QED) is 0.347. The zero-order valence-corrected chi connectivity index (χ0v) is 9.60. The molecule has 0 unspecified atom stereocenters. The molecule has 0 atom stereocenters. The highest BCUT2D eigenvalue weighted by Crippen LogP contribution is 2.26. The molecule has 0 bridgehead atoms. The average Bonchev–Trinajstić information content (AvgIpc) is 2.61. The molecule has 16 heavy (non-hydrogen) atoms. The molecule has 2 nitrogen and oxygen atoms in total. The van der Waals surface area contributed by atoms with Crippen molar-refractivity contribution in [2.75, 3.05) is 0 Å². The maximum atomic E-state index is 9.21. The van der Waals surface area contributed by atoms with E-state index < -0.39 is 0 Å². The van der Waals surface area contributed by atoms with E-state index in [2.05, 4.69) is 5.16 Å². The number of nitrogens with zero attached hydrogens (tertiary/aromatic N) is 1. The van der Waals surface area contributed by atoms with Crippen LogP contribution in [0.3, 0.4) is 0 Å². The number of benzene rings is 1. The highest BCUT2D eigenvalue weighted by molar-refractivity contribution is 6.01. The summed E-state index contributed by atoms with van der Waals surface area (Å²) < 4.78 is 0. The van der Waals surface area contributed by atoms with Gasteiger partial charge < -0.3 is 5.21 Å². The Morgan fingerprint density at radius 2 is 1.62 bits per heavy atom. The lowest BCUT2D eigenvalue weighted by Gasteiger charge is -2.15. The first kappa shape index (κ1) is 11.2. The summed E-state index contributed by atoms with van der Waals surface area (Å²) in [5.41, 5.74) is 1.94. The fourth-order valence-electron chi connectivity index (χ4n) is 2.54. The first-order chi connectivity index (χ1) is 7.92. The zero-order chi connectivity index (χ0) is 11.2. The Morgan fingerprint density at radius 1 is 1.00 bits per heavy atom. The monoisotopic (exact) mass is 217 g/mol. The highest BCUT2D eigenvalue weighted by atomic mass is 16.4. The maximum absolute atomic E-state index is 9.21. The molecule has 0 spiro atoms. The van der Waals surface area contributed by atoms with Gasteiger partial charge in [-0.25, -0.2) is 0 Å². The van der Waals surface area contributed by atoms with E-state index in [1.807, 2.05) is 30.3 Å². The topological polar surface area (TPSA) is 32.6 Å². The van der Waals surface area contributed by atoms with Crippen LogP contribution >= 0.6 is 0 Å². The fraction of sp³-hybridized carbons (Fsp3) is 0.500. The van der Waals surface area contributed by atoms with Crippen molar-refractivity contribution in [3.63, 3.8) is 0 Å². The second kappa shape index (κ2) is 5.69. The molecule has 1 aliphatic rings. The van der Waals surface area contributed by atoms with E-state index in [0.717, 1.165) is 24.1 Å². The molecule has 0 aromatic heterocycles. The third kappa shape index (κ3) is 2.63. The van der Waals surface area contributed by atoms with Crippen LogP contribution in [0.5, 0.6) is 0 Å². The third-order valence-electron chi connectivity index (χ3n) is 3.42. The van der Waals surface area contributed by atoms with Gasteiger partial charge in [0.2, 0.25) is 0 Å². The predicted octanol–water partition coefficient (Wildman–Crippen LogP) is 3.84. The Morgan fingerprint density at radius 3 is 2.19 bits per heavy atom. The Kier molecular flexibility index (Phi) is 3.97. The Balaban J connectivity index is 2.16. The largest absolute Gasteiger partial charge is 0.411 e. The summed E-state index contributed by atoms with van der Waals surface area (Å²) in [4.78, 5) is 0. The molecule has 0 radical (unpaired) electrons. The molecule has 2 rings (SSSR count). The van der Waals surface area contributed by atoms with Gasteiger partial charge in [-0.1, -0.05) is 61.2 Å². The van der Waals surface area contributed by atoms with Gasteiger partial charge >= 0.3 is 0 Å². The number of rotatable bonds is 2. The zero-order valence-electron chi connectivity index (χ0n) is 9.60. The van der Waals surface area contributed by atoms with Crippen LogP contribution in [0.15, 0.2) is 35.5 Å². The van der Waals surface area contributed by atoms with Gasteiger partial charge in [0.15, 0.2) is 0 Å². The number of oxime groups is 1. The van der Waals surface area contributed by atoms with Crippen molar-refractivity contribution >= 4 is 5.71 Å². The van der Waals surface area contributed by atoms with E-state index in [-0.39, 0.29) is 0 Å². The van der Waals surface area contributed by atoms with Crippen molar-refractivity contribution in [3.05, 3.63) is 35.9 Å². The van der Waals surface area contributed by atoms with Gasteiger partial charge in [0.05, 0.1) is 5.71 Å². The summed E-state index contributed by atoms with van der Waals surface area (Å²) in [6, 6.07) is 10.0. The maximum Gasteiger partial charge on any atom is 0.0898 e. The molecule has 1 fully saturated rings. The van der Waals surface area contributed by atoms with Crippen LogP contribution in [0.2, 0.25) is 0 Å². The fourth-order valence-corrected chi connectivity index (χ4v) is 2.54. The summed E-state index contributed by atoms with van der Waals surface area (Å²) in [6.07, 6.45) is 7.49. The molecular weight excluding hydrogens is 198 g/mol. The van der Waals surface area contributed by atoms with Crippen LogP contribution < -0.4 is 0 Å². The minimum atomic E-state index is 0.440. The van der Waals surface area contributed by atoms with Gasteiger partial charge in [0, 0.05) is 5.92 Å². The van der Waals surface area contributed by atoms with Crippen LogP contribution in [-0.4, -0.2) is 10.9 Å². The molecule has 1 N–H and O–H groups in total. The SMILES string of the molecule is ON=C(c1ccccc1)C1CCCCCC1. The molecule has 1 saturated carbocycles. The lowest BCUT2D eigenvalue weighted by molar-refractivity contribution is 0.314. The minimum absolute atomic E-state index is 0.440. The van der Waals surface area contributed by atoms with Gasteiger partial charge in [-0.15, -0.1) is 0 Å². The molecule has 0 amide bonds. The van der Waals surface area contributed by atoms with E-state index in [1.165, 1.54) is 25.7 Å². The van der Waals surface area contributed by atoms with Crippen LogP contribution in [0.4, 0.5) is 0 Å². The summed E-state index contributed by atoms with van der Waals surface area (Å²) in [5, 5.41) is 12.8. The van der Waals surface area contributed by atoms with E-state index in [0.29, 0.717) is 5.92 Å². The van der Waals surface area contributed by atoms with Crippen LogP contribution in [0.1, 0.15) is 44.1 Å². The molecular formula is C14H19NO. The highest BCUT2D eigenvalue weighted by Gasteiger charge is 2.19. The first-order valence-electron chi connectivity index (χ1n) is 6.19. The van der Waals surface area contributed by atoms with Gasteiger partial charge in [-0.3, -0.25) is 0 Å². The summed E-state index contributed by atoms with van der Waals surface area (Å²) in [5.74, 6) is 0.440. The lowest BCUT2D eigenvalue weighted by atomic mass is 9.90. The van der Waals surface area contributed by atoms with Crippen molar-refractivity contribution in [1.82, 2.24) is 0 Å². The molecule has 0 saturated heterocycles. The van der Waals surface area contributed by atoms with E-state index >= 15 is 0 Å². The summed E-state index contributed by atoms with van der Waals surface area (Å²) in [7, 11) is 0. The third-order valence-corrected chi connectivity index (χ3v) is 3.42. The van der Waals surface area contributed by atoms with Crippen molar-refractivity contribution in [2.45, 2.75) is 38.5 Å². The summed E-state index contributed by atoms with van der Waals surface area (Å²) >= 11 is 0. The van der Waals surface area contributed by atoms with Crippen molar-refractivity contribution in [1.29, 1.82) is 0 Å². The van der Waals surface area contributed by atoms with Crippen molar-refractivity contribution < 1.29 is 5.21 Å². The number of hydrogen-bond donors (Lipinski definition) is 1. The molecule has 0 heterocycles. The van der Waals surface area contributed by atoms with Gasteiger partial charge in [0.1, 0.15) is 0 Å². The molecule has 2 heteroatoms. The van der Waals surface area contributed by atoms with Gasteiger partial charge in [-0.05, 0) is 18.4 Å². The normalized spacial score (nSPS) is 19.4.